The Hall–Kier alpha value is -2.90. The predicted octanol–water partition coefficient (Wildman–Crippen LogP) is 1.82. The van der Waals surface area contributed by atoms with Crippen LogP contribution in [0.25, 0.3) is 0 Å². The van der Waals surface area contributed by atoms with Crippen molar-refractivity contribution in [2.24, 2.45) is 0 Å². The van der Waals surface area contributed by atoms with Crippen molar-refractivity contribution in [1.29, 1.82) is 0 Å². The van der Waals surface area contributed by atoms with Gasteiger partial charge in [0.2, 0.25) is 0 Å². The van der Waals surface area contributed by atoms with Crippen LogP contribution in [0, 0.1) is 5.82 Å². The van der Waals surface area contributed by atoms with Crippen molar-refractivity contribution in [3.8, 4) is 0 Å². The first-order valence-corrected chi connectivity index (χ1v) is 8.28. The summed E-state index contributed by atoms with van der Waals surface area (Å²) >= 11 is 0. The van der Waals surface area contributed by atoms with Crippen LogP contribution in [0.3, 0.4) is 0 Å². The van der Waals surface area contributed by atoms with Crippen molar-refractivity contribution in [3.05, 3.63) is 46.9 Å². The highest BCUT2D eigenvalue weighted by Crippen LogP contribution is 2.15. The van der Waals surface area contributed by atoms with Gasteiger partial charge in [-0.1, -0.05) is 12.1 Å². The number of carbonyl (C=O) groups excluding carboxylic acids is 3. The van der Waals surface area contributed by atoms with E-state index >= 15 is 0 Å². The number of hydrogen-bond donors (Lipinski definition) is 2. The molecule has 7 nitrogen and oxygen atoms in total. The van der Waals surface area contributed by atoms with Gasteiger partial charge in [-0.2, -0.15) is 0 Å². The van der Waals surface area contributed by atoms with Crippen LogP contribution >= 0.6 is 0 Å². The third kappa shape index (κ3) is 5.30. The first-order chi connectivity index (χ1) is 12.4. The molecule has 2 amide bonds. The standard InChI is InChI=1S/C18H21FN2O5/c1-3-25-17(23)16-11(2)20-18(24)21-14(16)10-26-15(22)9-6-12-4-7-13(19)8-5-12/h4-5,7-8,11H,3,6,9-10H2,1-2H3,(H2,20,21,24)/t11-/m1/s1. The summed E-state index contributed by atoms with van der Waals surface area (Å²) in [6.45, 7) is 3.26. The Labute approximate surface area is 150 Å². The average molecular weight is 364 g/mol. The molecule has 140 valence electrons. The molecule has 0 aromatic heterocycles. The van der Waals surface area contributed by atoms with Crippen molar-refractivity contribution in [3.63, 3.8) is 0 Å². The lowest BCUT2D eigenvalue weighted by molar-refractivity contribution is -0.143. The molecule has 1 aliphatic heterocycles. The number of urea groups is 1. The predicted molar refractivity (Wildman–Crippen MR) is 90.5 cm³/mol. The van der Waals surface area contributed by atoms with Crippen molar-refractivity contribution >= 4 is 18.0 Å². The third-order valence-electron chi connectivity index (χ3n) is 3.77. The minimum Gasteiger partial charge on any atom is -0.463 e. The molecule has 1 atom stereocenters. The van der Waals surface area contributed by atoms with Gasteiger partial charge in [0.25, 0.3) is 0 Å². The van der Waals surface area contributed by atoms with Crippen LogP contribution in [0.1, 0.15) is 25.8 Å². The average Bonchev–Trinajstić information content (AvgIpc) is 2.59. The molecular weight excluding hydrogens is 343 g/mol. The smallest absolute Gasteiger partial charge is 0.338 e. The summed E-state index contributed by atoms with van der Waals surface area (Å²) in [6, 6.07) is 4.79. The summed E-state index contributed by atoms with van der Waals surface area (Å²) < 4.78 is 23.0. The molecule has 0 aliphatic carbocycles. The topological polar surface area (TPSA) is 93.7 Å². The summed E-state index contributed by atoms with van der Waals surface area (Å²) in [5, 5.41) is 5.04. The molecule has 1 heterocycles. The van der Waals surface area contributed by atoms with E-state index in [4.69, 9.17) is 9.47 Å². The molecule has 0 spiro atoms. The van der Waals surface area contributed by atoms with Gasteiger partial charge >= 0.3 is 18.0 Å². The van der Waals surface area contributed by atoms with Gasteiger partial charge in [-0.25, -0.2) is 14.0 Å². The number of esters is 2. The molecule has 1 aromatic carbocycles. The van der Waals surface area contributed by atoms with Crippen LogP contribution in [-0.4, -0.2) is 37.2 Å². The van der Waals surface area contributed by atoms with Gasteiger partial charge in [0.1, 0.15) is 12.4 Å². The second-order valence-electron chi connectivity index (χ2n) is 5.72. The van der Waals surface area contributed by atoms with Crippen LogP contribution in [0.5, 0.6) is 0 Å². The van der Waals surface area contributed by atoms with Crippen molar-refractivity contribution in [2.45, 2.75) is 32.7 Å². The molecule has 0 unspecified atom stereocenters. The number of amides is 2. The molecule has 0 fully saturated rings. The van der Waals surface area contributed by atoms with Gasteiger partial charge in [-0.3, -0.25) is 4.79 Å². The quantitative estimate of drug-likeness (QED) is 0.720. The van der Waals surface area contributed by atoms with E-state index in [-0.39, 0.29) is 36.7 Å². The maximum absolute atomic E-state index is 12.9. The molecule has 2 rings (SSSR count). The molecule has 26 heavy (non-hydrogen) atoms. The largest absolute Gasteiger partial charge is 0.463 e. The van der Waals surface area contributed by atoms with E-state index in [1.807, 2.05) is 0 Å². The molecular formula is C18H21FN2O5. The lowest BCUT2D eigenvalue weighted by atomic mass is 10.0. The summed E-state index contributed by atoms with van der Waals surface area (Å²) in [5.74, 6) is -1.42. The van der Waals surface area contributed by atoms with Crippen LogP contribution < -0.4 is 10.6 Å². The Balaban J connectivity index is 1.96. The summed E-state index contributed by atoms with van der Waals surface area (Å²) in [7, 11) is 0. The highest BCUT2D eigenvalue weighted by Gasteiger charge is 2.30. The molecule has 8 heteroatoms. The number of hydrogen-bond acceptors (Lipinski definition) is 5. The number of aryl methyl sites for hydroxylation is 1. The first kappa shape index (κ1) is 19.4. The molecule has 0 saturated carbocycles. The lowest BCUT2D eigenvalue weighted by Crippen LogP contribution is -2.50. The second kappa shape index (κ2) is 8.98. The van der Waals surface area contributed by atoms with E-state index in [1.165, 1.54) is 12.1 Å². The van der Waals surface area contributed by atoms with Gasteiger partial charge in [0.15, 0.2) is 0 Å². The van der Waals surface area contributed by atoms with Gasteiger partial charge in [-0.05, 0) is 38.0 Å². The maximum Gasteiger partial charge on any atom is 0.338 e. The fourth-order valence-electron chi connectivity index (χ4n) is 2.52. The highest BCUT2D eigenvalue weighted by atomic mass is 19.1. The summed E-state index contributed by atoms with van der Waals surface area (Å²) in [4.78, 5) is 35.6. The van der Waals surface area contributed by atoms with Crippen LogP contribution in [0.15, 0.2) is 35.5 Å². The second-order valence-corrected chi connectivity index (χ2v) is 5.72. The van der Waals surface area contributed by atoms with E-state index in [0.29, 0.717) is 6.42 Å². The van der Waals surface area contributed by atoms with E-state index in [2.05, 4.69) is 10.6 Å². The molecule has 0 bridgehead atoms. The van der Waals surface area contributed by atoms with Crippen molar-refractivity contribution in [2.75, 3.05) is 13.2 Å². The zero-order chi connectivity index (χ0) is 19.1. The fourth-order valence-corrected chi connectivity index (χ4v) is 2.52. The minimum absolute atomic E-state index is 0.0927. The molecule has 0 radical (unpaired) electrons. The van der Waals surface area contributed by atoms with Crippen molar-refractivity contribution < 1.29 is 28.2 Å². The van der Waals surface area contributed by atoms with Gasteiger partial charge in [0.05, 0.1) is 23.9 Å². The van der Waals surface area contributed by atoms with Crippen LogP contribution in [0.4, 0.5) is 9.18 Å². The SMILES string of the molecule is CCOC(=O)C1=C(COC(=O)CCc2ccc(F)cc2)NC(=O)N[C@@H]1C. The minimum atomic E-state index is -0.579. The van der Waals surface area contributed by atoms with Gasteiger partial charge in [0, 0.05) is 6.42 Å². The zero-order valence-electron chi connectivity index (χ0n) is 14.6. The Bertz CT molecular complexity index is 715. The van der Waals surface area contributed by atoms with Crippen molar-refractivity contribution in [1.82, 2.24) is 10.6 Å². The Morgan fingerprint density at radius 3 is 2.54 bits per heavy atom. The molecule has 2 N–H and O–H groups in total. The third-order valence-corrected chi connectivity index (χ3v) is 3.77. The normalized spacial score (nSPS) is 16.6. The van der Waals surface area contributed by atoms with E-state index in [9.17, 15) is 18.8 Å². The molecule has 1 aliphatic rings. The van der Waals surface area contributed by atoms with Gasteiger partial charge in [-0.15, -0.1) is 0 Å². The number of carbonyl (C=O) groups is 3. The summed E-state index contributed by atoms with van der Waals surface area (Å²) in [5.41, 5.74) is 1.23. The zero-order valence-corrected chi connectivity index (χ0v) is 14.6. The Morgan fingerprint density at radius 1 is 1.19 bits per heavy atom. The van der Waals surface area contributed by atoms with E-state index < -0.39 is 24.0 Å². The highest BCUT2D eigenvalue weighted by molar-refractivity contribution is 5.94. The molecule has 1 aromatic rings. The summed E-state index contributed by atoms with van der Waals surface area (Å²) in [6.07, 6.45) is 0.489. The van der Waals surface area contributed by atoms with E-state index in [0.717, 1.165) is 5.56 Å². The Kier molecular flexibility index (Phi) is 6.71. The maximum atomic E-state index is 12.9. The first-order valence-electron chi connectivity index (χ1n) is 8.28. The van der Waals surface area contributed by atoms with Gasteiger partial charge < -0.3 is 20.1 Å². The number of halogens is 1. The number of nitrogens with one attached hydrogen (secondary N) is 2. The molecule has 0 saturated heterocycles. The van der Waals surface area contributed by atoms with E-state index in [1.54, 1.807) is 26.0 Å². The number of ether oxygens (including phenoxy) is 2. The lowest BCUT2D eigenvalue weighted by Gasteiger charge is -2.26. The number of benzene rings is 1. The van der Waals surface area contributed by atoms with Crippen LogP contribution in [0.2, 0.25) is 0 Å². The fraction of sp³-hybridized carbons (Fsp3) is 0.389. The monoisotopic (exact) mass is 364 g/mol. The number of rotatable bonds is 7. The van der Waals surface area contributed by atoms with Crippen LogP contribution in [-0.2, 0) is 25.5 Å². The Morgan fingerprint density at radius 2 is 1.88 bits per heavy atom.